The van der Waals surface area contributed by atoms with Crippen molar-refractivity contribution < 1.29 is 8.91 Å². The minimum absolute atomic E-state index is 0.00736. The molecule has 21 heavy (non-hydrogen) atoms. The van der Waals surface area contributed by atoms with Crippen molar-refractivity contribution in [1.29, 1.82) is 0 Å². The van der Waals surface area contributed by atoms with Gasteiger partial charge in [-0.3, -0.25) is 0 Å². The third-order valence-electron chi connectivity index (χ3n) is 2.83. The molecule has 0 saturated carbocycles. The molecule has 3 rings (SSSR count). The number of aromatic nitrogens is 2. The van der Waals surface area contributed by atoms with Crippen molar-refractivity contribution in [3.8, 4) is 22.8 Å². The second kappa shape index (κ2) is 5.06. The van der Waals surface area contributed by atoms with Crippen molar-refractivity contribution in [3.63, 3.8) is 0 Å². The lowest BCUT2D eigenvalue weighted by Gasteiger charge is -1.99. The first-order chi connectivity index (χ1) is 10.0. The first kappa shape index (κ1) is 13.4. The molecule has 0 fully saturated rings. The third-order valence-corrected chi connectivity index (χ3v) is 3.12. The molecule has 0 atom stereocenters. The Kier molecular flexibility index (Phi) is 3.23. The number of anilines is 2. The maximum absolute atomic E-state index is 13.1. The molecule has 1 heterocycles. The van der Waals surface area contributed by atoms with Gasteiger partial charge in [-0.2, -0.15) is 4.98 Å². The summed E-state index contributed by atoms with van der Waals surface area (Å²) < 4.78 is 18.3. The smallest absolute Gasteiger partial charge is 0.258 e. The number of nitrogens with zero attached hydrogens (tertiary/aromatic N) is 2. The molecule has 1 aromatic heterocycles. The van der Waals surface area contributed by atoms with Gasteiger partial charge >= 0.3 is 0 Å². The fourth-order valence-corrected chi connectivity index (χ4v) is 2.07. The van der Waals surface area contributed by atoms with E-state index in [0.717, 1.165) is 0 Å². The molecular weight excluding hydrogens is 295 g/mol. The van der Waals surface area contributed by atoms with Gasteiger partial charge in [-0.05, 0) is 36.4 Å². The van der Waals surface area contributed by atoms with Gasteiger partial charge in [0.2, 0.25) is 5.82 Å². The summed E-state index contributed by atoms with van der Waals surface area (Å²) >= 11 is 5.73. The Bertz CT molecular complexity index is 798. The van der Waals surface area contributed by atoms with E-state index in [1.54, 1.807) is 18.2 Å². The fourth-order valence-electron chi connectivity index (χ4n) is 1.89. The van der Waals surface area contributed by atoms with Crippen LogP contribution in [0.15, 0.2) is 40.9 Å². The van der Waals surface area contributed by atoms with Gasteiger partial charge in [0, 0.05) is 22.5 Å². The number of halogens is 2. The molecule has 0 aliphatic heterocycles. The lowest BCUT2D eigenvalue weighted by atomic mass is 10.1. The molecule has 0 saturated heterocycles. The Balaban J connectivity index is 2.01. The zero-order valence-electron chi connectivity index (χ0n) is 10.7. The highest BCUT2D eigenvalue weighted by atomic mass is 35.5. The Morgan fingerprint density at radius 3 is 2.38 bits per heavy atom. The summed E-state index contributed by atoms with van der Waals surface area (Å²) in [5.74, 6) is 0.0603. The van der Waals surface area contributed by atoms with Crippen LogP contribution in [-0.2, 0) is 0 Å². The van der Waals surface area contributed by atoms with Crippen LogP contribution in [0.1, 0.15) is 0 Å². The maximum Gasteiger partial charge on any atom is 0.258 e. The molecule has 0 amide bonds. The van der Waals surface area contributed by atoms with Crippen molar-refractivity contribution in [2.45, 2.75) is 0 Å². The fraction of sp³-hybridized carbons (Fsp3) is 0. The number of nitrogens with two attached hydrogens (primary N) is 2. The molecular formula is C14H10ClFN4O. The minimum atomic E-state index is -0.507. The van der Waals surface area contributed by atoms with E-state index in [1.165, 1.54) is 18.2 Å². The Morgan fingerprint density at radius 1 is 1.00 bits per heavy atom. The second-order valence-corrected chi connectivity index (χ2v) is 4.85. The lowest BCUT2D eigenvalue weighted by Crippen LogP contribution is -1.91. The molecule has 0 radical (unpaired) electrons. The number of hydrogen-bond donors (Lipinski definition) is 2. The molecule has 0 spiro atoms. The van der Waals surface area contributed by atoms with Gasteiger partial charge in [0.1, 0.15) is 5.82 Å². The van der Waals surface area contributed by atoms with Crippen molar-refractivity contribution >= 4 is 23.0 Å². The highest BCUT2D eigenvalue weighted by Crippen LogP contribution is 2.27. The minimum Gasteiger partial charge on any atom is -0.399 e. The van der Waals surface area contributed by atoms with Crippen LogP contribution in [-0.4, -0.2) is 10.1 Å². The van der Waals surface area contributed by atoms with Gasteiger partial charge in [0.05, 0.1) is 5.02 Å². The molecule has 5 nitrogen and oxygen atoms in total. The topological polar surface area (TPSA) is 91.0 Å². The number of nitrogen functional groups attached to an aromatic ring is 2. The summed E-state index contributed by atoms with van der Waals surface area (Å²) in [6.45, 7) is 0. The predicted octanol–water partition coefficient (Wildman–Crippen LogP) is 3.36. The van der Waals surface area contributed by atoms with Crippen LogP contribution in [0, 0.1) is 5.82 Å². The Hall–Kier alpha value is -2.60. The van der Waals surface area contributed by atoms with E-state index in [1.807, 2.05) is 0 Å². The van der Waals surface area contributed by atoms with Crippen molar-refractivity contribution in [3.05, 3.63) is 47.2 Å². The van der Waals surface area contributed by atoms with Gasteiger partial charge < -0.3 is 16.0 Å². The molecule has 0 aliphatic carbocycles. The van der Waals surface area contributed by atoms with Crippen LogP contribution in [0.4, 0.5) is 15.8 Å². The zero-order valence-corrected chi connectivity index (χ0v) is 11.4. The van der Waals surface area contributed by atoms with Gasteiger partial charge in [-0.25, -0.2) is 4.39 Å². The summed E-state index contributed by atoms with van der Waals surface area (Å²) in [6.07, 6.45) is 0. The highest BCUT2D eigenvalue weighted by molar-refractivity contribution is 6.31. The van der Waals surface area contributed by atoms with Gasteiger partial charge in [0.25, 0.3) is 5.89 Å². The summed E-state index contributed by atoms with van der Waals surface area (Å²) in [6, 6.07) is 9.16. The van der Waals surface area contributed by atoms with E-state index in [0.29, 0.717) is 28.3 Å². The number of benzene rings is 2. The SMILES string of the molecule is Nc1cc(N)cc(-c2nc(-c3ccc(F)c(Cl)c3)no2)c1. The Morgan fingerprint density at radius 2 is 1.71 bits per heavy atom. The summed E-state index contributed by atoms with van der Waals surface area (Å²) in [5.41, 5.74) is 13.6. The van der Waals surface area contributed by atoms with E-state index in [9.17, 15) is 4.39 Å². The van der Waals surface area contributed by atoms with Crippen LogP contribution >= 0.6 is 11.6 Å². The second-order valence-electron chi connectivity index (χ2n) is 4.44. The predicted molar refractivity (Wildman–Crippen MR) is 79.0 cm³/mol. The molecule has 0 bridgehead atoms. The van der Waals surface area contributed by atoms with E-state index in [2.05, 4.69) is 10.1 Å². The van der Waals surface area contributed by atoms with Gasteiger partial charge in [0.15, 0.2) is 0 Å². The number of rotatable bonds is 2. The number of hydrogen-bond acceptors (Lipinski definition) is 5. The van der Waals surface area contributed by atoms with Gasteiger partial charge in [-0.1, -0.05) is 16.8 Å². The van der Waals surface area contributed by atoms with E-state index < -0.39 is 5.82 Å². The maximum atomic E-state index is 13.1. The van der Waals surface area contributed by atoms with E-state index >= 15 is 0 Å². The largest absolute Gasteiger partial charge is 0.399 e. The standard InChI is InChI=1S/C14H10ClFN4O/c15-11-5-7(1-2-12(11)16)13-19-14(21-20-13)8-3-9(17)6-10(18)4-8/h1-6H,17-18H2. The van der Waals surface area contributed by atoms with Crippen LogP contribution in [0.3, 0.4) is 0 Å². The molecule has 3 aromatic rings. The van der Waals surface area contributed by atoms with Crippen LogP contribution in [0.25, 0.3) is 22.8 Å². The average molecular weight is 305 g/mol. The molecule has 106 valence electrons. The molecule has 0 unspecified atom stereocenters. The lowest BCUT2D eigenvalue weighted by molar-refractivity contribution is 0.432. The summed E-state index contributed by atoms with van der Waals surface area (Å²) in [7, 11) is 0. The highest BCUT2D eigenvalue weighted by Gasteiger charge is 2.13. The molecule has 0 aliphatic rings. The van der Waals surface area contributed by atoms with Crippen LogP contribution < -0.4 is 11.5 Å². The monoisotopic (exact) mass is 304 g/mol. The van der Waals surface area contributed by atoms with Crippen LogP contribution in [0.2, 0.25) is 5.02 Å². The van der Waals surface area contributed by atoms with Crippen molar-refractivity contribution in [2.75, 3.05) is 11.5 Å². The zero-order chi connectivity index (χ0) is 15.0. The average Bonchev–Trinajstić information content (AvgIpc) is 2.90. The molecule has 4 N–H and O–H groups in total. The molecule has 7 heteroatoms. The van der Waals surface area contributed by atoms with E-state index in [-0.39, 0.29) is 10.9 Å². The first-order valence-corrected chi connectivity index (χ1v) is 6.36. The van der Waals surface area contributed by atoms with Crippen molar-refractivity contribution in [1.82, 2.24) is 10.1 Å². The van der Waals surface area contributed by atoms with E-state index in [4.69, 9.17) is 27.6 Å². The third kappa shape index (κ3) is 2.66. The quantitative estimate of drug-likeness (QED) is 0.708. The van der Waals surface area contributed by atoms with Gasteiger partial charge in [-0.15, -0.1) is 0 Å². The molecule has 2 aromatic carbocycles. The normalized spacial score (nSPS) is 10.8. The summed E-state index contributed by atoms with van der Waals surface area (Å²) in [5, 5.41) is 3.84. The summed E-state index contributed by atoms with van der Waals surface area (Å²) in [4.78, 5) is 4.23. The Labute approximate surface area is 124 Å². The van der Waals surface area contributed by atoms with Crippen LogP contribution in [0.5, 0.6) is 0 Å². The van der Waals surface area contributed by atoms with Crippen molar-refractivity contribution in [2.24, 2.45) is 0 Å². The first-order valence-electron chi connectivity index (χ1n) is 5.98.